The van der Waals surface area contributed by atoms with E-state index in [9.17, 15) is 28.1 Å². The molecular formula is C29H34N4O7S. The molecule has 0 heterocycles. The molecule has 0 unspecified atom stereocenters. The molecule has 3 rings (SSSR count). The highest BCUT2D eigenvalue weighted by molar-refractivity contribution is 7.92. The fourth-order valence-electron chi connectivity index (χ4n) is 4.32. The summed E-state index contributed by atoms with van der Waals surface area (Å²) in [5, 5.41) is 14.2. The van der Waals surface area contributed by atoms with E-state index < -0.39 is 39.3 Å². The minimum absolute atomic E-state index is 0.0252. The number of methoxy groups -OCH3 is 1. The van der Waals surface area contributed by atoms with Crippen LogP contribution in [0, 0.1) is 17.0 Å². The molecule has 11 nitrogen and oxygen atoms in total. The van der Waals surface area contributed by atoms with Crippen molar-refractivity contribution < 1.29 is 27.7 Å². The van der Waals surface area contributed by atoms with Gasteiger partial charge in [-0.1, -0.05) is 60.2 Å². The summed E-state index contributed by atoms with van der Waals surface area (Å²) in [5.41, 5.74) is 2.03. The number of nitro groups is 1. The first-order valence-corrected chi connectivity index (χ1v) is 14.8. The molecule has 1 N–H and O–H groups in total. The van der Waals surface area contributed by atoms with Crippen LogP contribution in [0.2, 0.25) is 0 Å². The lowest BCUT2D eigenvalue weighted by Gasteiger charge is -2.33. The Bertz CT molecular complexity index is 1480. The zero-order chi connectivity index (χ0) is 30.2. The number of sulfonamides is 1. The molecule has 0 bridgehead atoms. The molecule has 0 aliphatic carbocycles. The largest absolute Gasteiger partial charge is 0.495 e. The second kappa shape index (κ2) is 13.8. The van der Waals surface area contributed by atoms with Gasteiger partial charge in [0.25, 0.3) is 5.69 Å². The number of carbonyl (C=O) groups excluding carboxylic acids is 2. The minimum atomic E-state index is -4.13. The standard InChI is InChI=1S/C29H34N4O7S/c1-5-30-29(35)26(17-22-9-7-6-8-10-22)31(19-23-13-11-21(2)12-14-23)28(34)20-32(41(4,38)39)25-18-24(33(36)37)15-16-27(25)40-3/h6-16,18,26H,5,17,19-20H2,1-4H3,(H,30,35)/t26-/m1/s1. The monoisotopic (exact) mass is 582 g/mol. The highest BCUT2D eigenvalue weighted by Crippen LogP contribution is 2.34. The number of anilines is 1. The van der Waals surface area contributed by atoms with E-state index in [1.54, 1.807) is 6.92 Å². The Kier molecular flexibility index (Phi) is 10.4. The molecule has 2 amide bonds. The van der Waals surface area contributed by atoms with Crippen molar-refractivity contribution in [3.05, 3.63) is 99.6 Å². The first kappa shape index (κ1) is 31.1. The van der Waals surface area contributed by atoms with Crippen LogP contribution in [-0.4, -0.2) is 62.6 Å². The summed E-state index contributed by atoms with van der Waals surface area (Å²) in [6.07, 6.45) is 1.08. The van der Waals surface area contributed by atoms with E-state index in [-0.39, 0.29) is 30.1 Å². The summed E-state index contributed by atoms with van der Waals surface area (Å²) in [5.74, 6) is -1.03. The summed E-state index contributed by atoms with van der Waals surface area (Å²) in [4.78, 5) is 39.6. The van der Waals surface area contributed by atoms with E-state index in [4.69, 9.17) is 4.74 Å². The molecule has 0 fully saturated rings. The zero-order valence-corrected chi connectivity index (χ0v) is 24.3. The van der Waals surface area contributed by atoms with Crippen molar-refractivity contribution in [2.24, 2.45) is 0 Å². The molecular weight excluding hydrogens is 548 g/mol. The van der Waals surface area contributed by atoms with Crippen molar-refractivity contribution in [2.45, 2.75) is 32.9 Å². The van der Waals surface area contributed by atoms with Crippen LogP contribution in [0.5, 0.6) is 5.75 Å². The number of ether oxygens (including phenoxy) is 1. The third kappa shape index (κ3) is 8.27. The van der Waals surface area contributed by atoms with Gasteiger partial charge in [-0.15, -0.1) is 0 Å². The number of aryl methyl sites for hydroxylation is 1. The van der Waals surface area contributed by atoms with Gasteiger partial charge in [0, 0.05) is 31.6 Å². The van der Waals surface area contributed by atoms with E-state index in [0.29, 0.717) is 6.54 Å². The van der Waals surface area contributed by atoms with Crippen LogP contribution in [0.4, 0.5) is 11.4 Å². The fraction of sp³-hybridized carbons (Fsp3) is 0.310. The smallest absolute Gasteiger partial charge is 0.271 e. The van der Waals surface area contributed by atoms with Crippen LogP contribution in [0.25, 0.3) is 0 Å². The summed E-state index contributed by atoms with van der Waals surface area (Å²) in [7, 11) is -2.84. The van der Waals surface area contributed by atoms with Crippen LogP contribution in [0.15, 0.2) is 72.8 Å². The maximum absolute atomic E-state index is 14.1. The van der Waals surface area contributed by atoms with Crippen LogP contribution in [-0.2, 0) is 32.6 Å². The number of hydrogen-bond acceptors (Lipinski definition) is 7. The van der Waals surface area contributed by atoms with Crippen LogP contribution < -0.4 is 14.4 Å². The first-order chi connectivity index (χ1) is 19.4. The molecule has 0 saturated carbocycles. The van der Waals surface area contributed by atoms with Gasteiger partial charge in [0.1, 0.15) is 24.0 Å². The Morgan fingerprint density at radius 1 is 1.02 bits per heavy atom. The lowest BCUT2D eigenvalue weighted by atomic mass is 10.0. The average molecular weight is 583 g/mol. The summed E-state index contributed by atoms with van der Waals surface area (Å²) >= 11 is 0. The molecule has 3 aromatic rings. The van der Waals surface area contributed by atoms with E-state index in [1.165, 1.54) is 24.1 Å². The molecule has 0 saturated heterocycles. The molecule has 41 heavy (non-hydrogen) atoms. The van der Waals surface area contributed by atoms with Crippen molar-refractivity contribution in [1.82, 2.24) is 10.2 Å². The van der Waals surface area contributed by atoms with E-state index in [1.807, 2.05) is 61.5 Å². The van der Waals surface area contributed by atoms with Crippen LogP contribution >= 0.6 is 0 Å². The van der Waals surface area contributed by atoms with Gasteiger partial charge < -0.3 is 15.0 Å². The summed E-state index contributed by atoms with van der Waals surface area (Å²) in [6, 6.07) is 19.2. The second-order valence-corrected chi connectivity index (χ2v) is 11.4. The maximum Gasteiger partial charge on any atom is 0.271 e. The highest BCUT2D eigenvalue weighted by Gasteiger charge is 2.34. The quantitative estimate of drug-likeness (QED) is 0.241. The number of hydrogen-bond donors (Lipinski definition) is 1. The fourth-order valence-corrected chi connectivity index (χ4v) is 5.16. The number of amides is 2. The molecule has 0 aliphatic rings. The van der Waals surface area contributed by atoms with Crippen molar-refractivity contribution in [3.8, 4) is 5.75 Å². The molecule has 218 valence electrons. The normalized spacial score (nSPS) is 11.8. The molecule has 3 aromatic carbocycles. The van der Waals surface area contributed by atoms with Crippen molar-refractivity contribution in [3.63, 3.8) is 0 Å². The molecule has 12 heteroatoms. The number of likely N-dealkylation sites (N-methyl/N-ethyl adjacent to an activating group) is 1. The number of nitro benzene ring substituents is 1. The van der Waals surface area contributed by atoms with Crippen molar-refractivity contribution in [2.75, 3.05) is 30.8 Å². The minimum Gasteiger partial charge on any atom is -0.495 e. The van der Waals surface area contributed by atoms with Gasteiger partial charge in [0.2, 0.25) is 21.8 Å². The van der Waals surface area contributed by atoms with Gasteiger partial charge in [-0.05, 0) is 31.0 Å². The van der Waals surface area contributed by atoms with E-state index in [0.717, 1.165) is 33.3 Å². The Hall–Kier alpha value is -4.45. The lowest BCUT2D eigenvalue weighted by molar-refractivity contribution is -0.384. The number of carbonyl (C=O) groups is 2. The Morgan fingerprint density at radius 3 is 2.24 bits per heavy atom. The van der Waals surface area contributed by atoms with Crippen molar-refractivity contribution >= 4 is 33.2 Å². The Labute approximate surface area is 239 Å². The lowest BCUT2D eigenvalue weighted by Crippen LogP contribution is -2.53. The predicted octanol–water partition coefficient (Wildman–Crippen LogP) is 3.45. The summed E-state index contributed by atoms with van der Waals surface area (Å²) in [6.45, 7) is 3.33. The second-order valence-electron chi connectivity index (χ2n) is 9.49. The maximum atomic E-state index is 14.1. The number of rotatable bonds is 13. The van der Waals surface area contributed by atoms with Gasteiger partial charge in [0.15, 0.2) is 0 Å². The number of nitrogens with one attached hydrogen (secondary N) is 1. The van der Waals surface area contributed by atoms with Gasteiger partial charge in [-0.25, -0.2) is 8.42 Å². The molecule has 0 spiro atoms. The average Bonchev–Trinajstić information content (AvgIpc) is 2.94. The zero-order valence-electron chi connectivity index (χ0n) is 23.4. The van der Waals surface area contributed by atoms with Gasteiger partial charge in [-0.3, -0.25) is 24.0 Å². The SMILES string of the molecule is CCNC(=O)[C@@H](Cc1ccccc1)N(Cc1ccc(C)cc1)C(=O)CN(c1cc([N+](=O)[O-])ccc1OC)S(C)(=O)=O. The Morgan fingerprint density at radius 2 is 1.68 bits per heavy atom. The van der Waals surface area contributed by atoms with Gasteiger partial charge >= 0.3 is 0 Å². The summed E-state index contributed by atoms with van der Waals surface area (Å²) < 4.78 is 32.0. The first-order valence-electron chi connectivity index (χ1n) is 12.9. The van der Waals surface area contributed by atoms with Gasteiger partial charge in [0.05, 0.1) is 18.3 Å². The van der Waals surface area contributed by atoms with E-state index >= 15 is 0 Å². The number of nitrogens with zero attached hydrogens (tertiary/aromatic N) is 3. The van der Waals surface area contributed by atoms with E-state index in [2.05, 4.69) is 5.32 Å². The number of non-ortho nitro benzene ring substituents is 1. The molecule has 0 radical (unpaired) electrons. The molecule has 0 aromatic heterocycles. The Balaban J connectivity index is 2.10. The topological polar surface area (TPSA) is 139 Å². The molecule has 0 aliphatic heterocycles. The van der Waals surface area contributed by atoms with Crippen molar-refractivity contribution in [1.29, 1.82) is 0 Å². The van der Waals surface area contributed by atoms with Gasteiger partial charge in [-0.2, -0.15) is 0 Å². The third-order valence-corrected chi connectivity index (χ3v) is 7.54. The predicted molar refractivity (Wildman–Crippen MR) is 156 cm³/mol. The highest BCUT2D eigenvalue weighted by atomic mass is 32.2. The van der Waals surface area contributed by atoms with Crippen LogP contribution in [0.1, 0.15) is 23.6 Å². The molecule has 1 atom stereocenters. The van der Waals surface area contributed by atoms with Crippen LogP contribution in [0.3, 0.4) is 0 Å². The number of benzene rings is 3. The third-order valence-electron chi connectivity index (χ3n) is 6.42.